The Morgan fingerprint density at radius 1 is 1.00 bits per heavy atom. The minimum absolute atomic E-state index is 0.608. The summed E-state index contributed by atoms with van der Waals surface area (Å²) in [4.78, 5) is 2.33. The van der Waals surface area contributed by atoms with Crippen molar-refractivity contribution in [1.29, 1.82) is 0 Å². The maximum atomic E-state index is 5.52. The van der Waals surface area contributed by atoms with E-state index in [0.717, 1.165) is 49.8 Å². The number of thiocarbonyl (C=S) groups is 1. The first-order valence-electron chi connectivity index (χ1n) is 8.35. The molecule has 3 rings (SSSR count). The first kappa shape index (κ1) is 16.7. The molecular weight excluding hydrogens is 318 g/mol. The fourth-order valence-electron chi connectivity index (χ4n) is 2.89. The molecule has 0 atom stereocenters. The van der Waals surface area contributed by atoms with Crippen LogP contribution in [-0.2, 0) is 11.2 Å². The Kier molecular flexibility index (Phi) is 5.67. The lowest BCUT2D eigenvalue weighted by Crippen LogP contribution is -2.37. The van der Waals surface area contributed by atoms with E-state index in [0.29, 0.717) is 5.11 Å². The van der Waals surface area contributed by atoms with Crippen LogP contribution >= 0.6 is 12.2 Å². The normalized spacial score (nSPS) is 14.3. The zero-order valence-electron chi connectivity index (χ0n) is 13.9. The van der Waals surface area contributed by atoms with Gasteiger partial charge in [-0.15, -0.1) is 0 Å². The Morgan fingerprint density at radius 3 is 2.38 bits per heavy atom. The monoisotopic (exact) mass is 341 g/mol. The Labute approximate surface area is 148 Å². The predicted octanol–water partition coefficient (Wildman–Crippen LogP) is 3.89. The van der Waals surface area contributed by atoms with Gasteiger partial charge < -0.3 is 20.3 Å². The molecule has 0 aliphatic carbocycles. The van der Waals surface area contributed by atoms with Crippen molar-refractivity contribution in [3.63, 3.8) is 0 Å². The molecule has 0 unspecified atom stereocenters. The molecule has 1 heterocycles. The van der Waals surface area contributed by atoms with Gasteiger partial charge >= 0.3 is 0 Å². The van der Waals surface area contributed by atoms with Crippen molar-refractivity contribution in [3.05, 3.63) is 54.1 Å². The maximum absolute atomic E-state index is 5.52. The van der Waals surface area contributed by atoms with Crippen LogP contribution in [0.3, 0.4) is 0 Å². The number of nitrogens with one attached hydrogen (secondary N) is 2. The van der Waals surface area contributed by atoms with Crippen LogP contribution in [0.1, 0.15) is 12.5 Å². The first-order chi connectivity index (χ1) is 11.8. The molecule has 2 aromatic carbocycles. The van der Waals surface area contributed by atoms with Crippen molar-refractivity contribution >= 4 is 34.4 Å². The largest absolute Gasteiger partial charge is 0.378 e. The van der Waals surface area contributed by atoms with Crippen LogP contribution in [-0.4, -0.2) is 31.4 Å². The molecule has 0 spiro atoms. The smallest absolute Gasteiger partial charge is 0.175 e. The zero-order chi connectivity index (χ0) is 16.8. The number of hydrogen-bond donors (Lipinski definition) is 2. The molecule has 126 valence electrons. The van der Waals surface area contributed by atoms with E-state index in [1.54, 1.807) is 0 Å². The van der Waals surface area contributed by atoms with E-state index in [-0.39, 0.29) is 0 Å². The summed E-state index contributed by atoms with van der Waals surface area (Å²) in [5.74, 6) is 0. The van der Waals surface area contributed by atoms with Gasteiger partial charge in [0, 0.05) is 18.8 Å². The van der Waals surface area contributed by atoms with Crippen LogP contribution in [0.15, 0.2) is 48.5 Å². The lowest BCUT2D eigenvalue weighted by molar-refractivity contribution is 0.123. The molecule has 5 heteroatoms. The molecular formula is C19H23N3OS. The van der Waals surface area contributed by atoms with Crippen LogP contribution in [0.4, 0.5) is 17.1 Å². The molecule has 1 fully saturated rings. The van der Waals surface area contributed by atoms with Gasteiger partial charge in [-0.25, -0.2) is 0 Å². The van der Waals surface area contributed by atoms with E-state index in [2.05, 4.69) is 52.8 Å². The van der Waals surface area contributed by atoms with Gasteiger partial charge in [0.25, 0.3) is 0 Å². The van der Waals surface area contributed by atoms with Gasteiger partial charge in [0.1, 0.15) is 0 Å². The molecule has 1 aliphatic heterocycles. The SMILES string of the molecule is CCc1ccccc1NC(=S)Nc1ccccc1N1CCOCC1. The van der Waals surface area contributed by atoms with E-state index in [9.17, 15) is 0 Å². The predicted molar refractivity (Wildman–Crippen MR) is 105 cm³/mol. The number of para-hydroxylation sites is 3. The van der Waals surface area contributed by atoms with Crippen LogP contribution in [0.25, 0.3) is 0 Å². The van der Waals surface area contributed by atoms with Gasteiger partial charge in [0.05, 0.1) is 24.6 Å². The summed E-state index contributed by atoms with van der Waals surface area (Å²) in [6.07, 6.45) is 0.968. The minimum atomic E-state index is 0.608. The molecule has 24 heavy (non-hydrogen) atoms. The molecule has 2 N–H and O–H groups in total. The second kappa shape index (κ2) is 8.13. The summed E-state index contributed by atoms with van der Waals surface area (Å²) in [5.41, 5.74) is 4.49. The second-order valence-corrected chi connectivity index (χ2v) is 6.11. The molecule has 2 aromatic rings. The number of nitrogens with zero attached hydrogens (tertiary/aromatic N) is 1. The topological polar surface area (TPSA) is 36.5 Å². The van der Waals surface area contributed by atoms with Crippen LogP contribution < -0.4 is 15.5 Å². The summed E-state index contributed by atoms with van der Waals surface area (Å²) in [7, 11) is 0. The number of benzene rings is 2. The van der Waals surface area contributed by atoms with Gasteiger partial charge in [0.2, 0.25) is 0 Å². The van der Waals surface area contributed by atoms with Gasteiger partial charge in [-0.05, 0) is 42.4 Å². The highest BCUT2D eigenvalue weighted by Crippen LogP contribution is 2.26. The average molecular weight is 341 g/mol. The fraction of sp³-hybridized carbons (Fsp3) is 0.316. The van der Waals surface area contributed by atoms with Crippen molar-refractivity contribution in [2.75, 3.05) is 41.8 Å². The lowest BCUT2D eigenvalue weighted by Gasteiger charge is -2.30. The molecule has 1 aliphatic rings. The number of morpholine rings is 1. The third kappa shape index (κ3) is 4.04. The Bertz CT molecular complexity index is 699. The molecule has 0 aromatic heterocycles. The van der Waals surface area contributed by atoms with Gasteiger partial charge in [-0.3, -0.25) is 0 Å². The van der Waals surface area contributed by atoms with E-state index < -0.39 is 0 Å². The minimum Gasteiger partial charge on any atom is -0.378 e. The molecule has 0 radical (unpaired) electrons. The van der Waals surface area contributed by atoms with E-state index in [1.165, 1.54) is 5.56 Å². The fourth-order valence-corrected chi connectivity index (χ4v) is 3.11. The molecule has 1 saturated heterocycles. The van der Waals surface area contributed by atoms with Crippen molar-refractivity contribution in [2.45, 2.75) is 13.3 Å². The number of anilines is 3. The van der Waals surface area contributed by atoms with E-state index >= 15 is 0 Å². The third-order valence-electron chi connectivity index (χ3n) is 4.15. The van der Waals surface area contributed by atoms with E-state index in [1.807, 2.05) is 18.2 Å². The summed E-state index contributed by atoms with van der Waals surface area (Å²) in [5, 5.41) is 7.27. The highest BCUT2D eigenvalue weighted by Gasteiger charge is 2.15. The molecule has 0 bridgehead atoms. The molecule has 4 nitrogen and oxygen atoms in total. The summed E-state index contributed by atoms with van der Waals surface area (Å²) in [6.45, 7) is 5.47. The Hall–Kier alpha value is -2.11. The summed E-state index contributed by atoms with van der Waals surface area (Å²) < 4.78 is 5.45. The molecule has 0 saturated carbocycles. The highest BCUT2D eigenvalue weighted by molar-refractivity contribution is 7.80. The third-order valence-corrected chi connectivity index (χ3v) is 4.35. The Morgan fingerprint density at radius 2 is 1.62 bits per heavy atom. The zero-order valence-corrected chi connectivity index (χ0v) is 14.7. The first-order valence-corrected chi connectivity index (χ1v) is 8.76. The number of rotatable bonds is 4. The number of aryl methyl sites for hydroxylation is 1. The van der Waals surface area contributed by atoms with Crippen LogP contribution in [0.2, 0.25) is 0 Å². The average Bonchev–Trinajstić information content (AvgIpc) is 2.63. The van der Waals surface area contributed by atoms with Gasteiger partial charge in [-0.2, -0.15) is 0 Å². The van der Waals surface area contributed by atoms with Crippen molar-refractivity contribution in [2.24, 2.45) is 0 Å². The molecule has 0 amide bonds. The van der Waals surface area contributed by atoms with Gasteiger partial charge in [-0.1, -0.05) is 37.3 Å². The van der Waals surface area contributed by atoms with Crippen molar-refractivity contribution in [3.8, 4) is 0 Å². The quantitative estimate of drug-likeness (QED) is 0.825. The van der Waals surface area contributed by atoms with Crippen molar-refractivity contribution in [1.82, 2.24) is 0 Å². The van der Waals surface area contributed by atoms with Crippen molar-refractivity contribution < 1.29 is 4.74 Å². The number of ether oxygens (including phenoxy) is 1. The van der Waals surface area contributed by atoms with Crippen LogP contribution in [0, 0.1) is 0 Å². The summed E-state index contributed by atoms with van der Waals surface area (Å²) >= 11 is 5.52. The maximum Gasteiger partial charge on any atom is 0.175 e. The second-order valence-electron chi connectivity index (χ2n) is 5.71. The van der Waals surface area contributed by atoms with Crippen LogP contribution in [0.5, 0.6) is 0 Å². The Balaban J connectivity index is 1.72. The standard InChI is InChI=1S/C19H23N3OS/c1-2-15-7-3-4-8-16(15)20-19(24)21-17-9-5-6-10-18(17)22-11-13-23-14-12-22/h3-10H,2,11-14H2,1H3,(H2,20,21,24). The van der Waals surface area contributed by atoms with E-state index in [4.69, 9.17) is 17.0 Å². The summed E-state index contributed by atoms with van der Waals surface area (Å²) in [6, 6.07) is 16.5. The lowest BCUT2D eigenvalue weighted by atomic mass is 10.1. The number of hydrogen-bond acceptors (Lipinski definition) is 3. The van der Waals surface area contributed by atoms with Gasteiger partial charge in [0.15, 0.2) is 5.11 Å². The highest BCUT2D eigenvalue weighted by atomic mass is 32.1.